The van der Waals surface area contributed by atoms with Gasteiger partial charge in [0.1, 0.15) is 5.75 Å². The minimum Gasteiger partial charge on any atom is -0.496 e. The number of ether oxygens (including phenoxy) is 1. The van der Waals surface area contributed by atoms with Gasteiger partial charge in [-0.2, -0.15) is 13.2 Å². The van der Waals surface area contributed by atoms with Crippen LogP contribution in [0.3, 0.4) is 0 Å². The van der Waals surface area contributed by atoms with Gasteiger partial charge < -0.3 is 19.9 Å². The Morgan fingerprint density at radius 2 is 1.80 bits per heavy atom. The van der Waals surface area contributed by atoms with Crippen LogP contribution < -0.4 is 10.1 Å². The number of aromatic nitrogens is 1. The van der Waals surface area contributed by atoms with Crippen LogP contribution in [-0.4, -0.2) is 77.5 Å². The molecule has 13 heteroatoms. The van der Waals surface area contributed by atoms with Crippen molar-refractivity contribution in [3.8, 4) is 5.75 Å². The number of amides is 4. The molecule has 4 amide bonds. The summed E-state index contributed by atoms with van der Waals surface area (Å²) in [5.41, 5.74) is -1.03. The molecular weight excluding hydrogens is 593 g/mol. The van der Waals surface area contributed by atoms with Crippen LogP contribution in [0.4, 0.5) is 18.0 Å². The molecule has 0 saturated carbocycles. The molecule has 1 aromatic heterocycles. The van der Waals surface area contributed by atoms with Crippen LogP contribution in [0.2, 0.25) is 0 Å². The molecule has 45 heavy (non-hydrogen) atoms. The Balaban J connectivity index is 1.39. The first kappa shape index (κ1) is 29.9. The zero-order valence-corrected chi connectivity index (χ0v) is 24.6. The Morgan fingerprint density at radius 1 is 1.07 bits per heavy atom. The number of fused-ring (bicyclic) bond motifs is 4. The highest BCUT2D eigenvalue weighted by molar-refractivity contribution is 6.43. The highest BCUT2D eigenvalue weighted by atomic mass is 19.4. The summed E-state index contributed by atoms with van der Waals surface area (Å²) >= 11 is 0. The van der Waals surface area contributed by atoms with Gasteiger partial charge in [-0.25, -0.2) is 4.79 Å². The summed E-state index contributed by atoms with van der Waals surface area (Å²) in [5, 5.41) is 2.56. The number of hydrogen-bond acceptors (Lipinski definition) is 6. The normalized spacial score (nSPS) is 19.3. The van der Waals surface area contributed by atoms with Gasteiger partial charge >= 0.3 is 12.2 Å². The Kier molecular flexibility index (Phi) is 6.75. The molecule has 10 nitrogen and oxygen atoms in total. The average molecular weight is 621 g/mol. The number of benzene rings is 2. The molecule has 3 aromatic rings. The molecule has 1 aliphatic heterocycles. The monoisotopic (exact) mass is 620 g/mol. The van der Waals surface area contributed by atoms with Crippen molar-refractivity contribution >= 4 is 35.0 Å². The number of hydrogen-bond donors (Lipinski definition) is 2. The van der Waals surface area contributed by atoms with Gasteiger partial charge in [-0.05, 0) is 54.3 Å². The van der Waals surface area contributed by atoms with E-state index in [0.717, 1.165) is 23.1 Å². The summed E-state index contributed by atoms with van der Waals surface area (Å²) in [5.74, 6) is -2.16. The number of halogens is 3. The number of likely N-dealkylation sites (N-methyl/N-ethyl adjacent to an activating group) is 2. The largest absolute Gasteiger partial charge is 0.496 e. The molecule has 1 spiro atoms. The zero-order valence-electron chi connectivity index (χ0n) is 24.6. The molecule has 1 unspecified atom stereocenters. The van der Waals surface area contributed by atoms with E-state index in [9.17, 15) is 37.1 Å². The standard InChI is InChI=1S/C32H27F3N4O6/c1-15-8-9-20(45-4)19-13-31(29(43)38(2)30(44)39(31)3)24-23(21(15)19)27(41)25-22(26(24)40)17(14-37-25)10-11-36-28(42)16-6-5-7-18(12-16)32(33,34)35/h5-9,12,14,37H,10-11,13H2,1-4H3,(H,36,42). The van der Waals surface area contributed by atoms with Crippen LogP contribution in [0.1, 0.15) is 59.0 Å². The van der Waals surface area contributed by atoms with E-state index in [1.165, 1.54) is 38.4 Å². The van der Waals surface area contributed by atoms with Crippen LogP contribution in [-0.2, 0) is 23.8 Å². The SMILES string of the molecule is COc1ccc(C)c2c1CC1(C(=O)N(C)C(=O)N1C)C1=C2C(=O)c2[nH]cc(CCNC(=O)c3cccc(C(F)(F)F)c3)c2C1=O. The van der Waals surface area contributed by atoms with E-state index in [2.05, 4.69) is 10.3 Å². The van der Waals surface area contributed by atoms with E-state index in [1.54, 1.807) is 19.1 Å². The van der Waals surface area contributed by atoms with Gasteiger partial charge in [0.15, 0.2) is 11.3 Å². The molecule has 1 fully saturated rings. The minimum absolute atomic E-state index is 0.00375. The van der Waals surface area contributed by atoms with Crippen molar-refractivity contribution in [1.29, 1.82) is 0 Å². The quantitative estimate of drug-likeness (QED) is 0.416. The molecule has 1 saturated heterocycles. The van der Waals surface area contributed by atoms with Crippen molar-refractivity contribution in [3.63, 3.8) is 0 Å². The molecule has 3 aliphatic rings. The Labute approximate surface area is 254 Å². The van der Waals surface area contributed by atoms with E-state index < -0.39 is 46.7 Å². The number of rotatable bonds is 5. The second-order valence-corrected chi connectivity index (χ2v) is 11.2. The number of urea groups is 1. The van der Waals surface area contributed by atoms with Gasteiger partial charge in [0.2, 0.25) is 5.78 Å². The summed E-state index contributed by atoms with van der Waals surface area (Å²) in [6, 6.07) is 6.81. The molecule has 2 N–H and O–H groups in total. The number of nitrogens with one attached hydrogen (secondary N) is 2. The first-order chi connectivity index (χ1) is 21.2. The molecule has 6 rings (SSSR count). The fourth-order valence-electron chi connectivity index (χ4n) is 6.63. The number of carbonyl (C=O) groups excluding carboxylic acids is 5. The van der Waals surface area contributed by atoms with Gasteiger partial charge in [0, 0.05) is 55.5 Å². The highest BCUT2D eigenvalue weighted by Crippen LogP contribution is 2.51. The lowest BCUT2D eigenvalue weighted by Gasteiger charge is -2.42. The second-order valence-electron chi connectivity index (χ2n) is 11.2. The number of aromatic amines is 1. The van der Waals surface area contributed by atoms with Crippen molar-refractivity contribution in [2.45, 2.75) is 31.5 Å². The molecule has 2 heterocycles. The van der Waals surface area contributed by atoms with E-state index in [4.69, 9.17) is 4.74 Å². The molecule has 232 valence electrons. The average Bonchev–Trinajstić information content (AvgIpc) is 3.50. The number of methoxy groups -OCH3 is 1. The number of nitrogens with zero attached hydrogens (tertiary/aromatic N) is 2. The fraction of sp³-hybridized carbons (Fsp3) is 0.281. The molecule has 0 radical (unpaired) electrons. The third-order valence-electron chi connectivity index (χ3n) is 8.85. The van der Waals surface area contributed by atoms with Crippen LogP contribution in [0.15, 0.2) is 48.2 Å². The molecule has 1 atom stereocenters. The first-order valence-electron chi connectivity index (χ1n) is 14.0. The first-order valence-corrected chi connectivity index (χ1v) is 14.0. The number of imide groups is 1. The van der Waals surface area contributed by atoms with E-state index in [1.807, 2.05) is 0 Å². The maximum absolute atomic E-state index is 14.5. The number of Topliss-reactive ketones (excluding diaryl/α,β-unsaturated/α-hetero) is 2. The van der Waals surface area contributed by atoms with Gasteiger partial charge in [0.05, 0.1) is 23.9 Å². The summed E-state index contributed by atoms with van der Waals surface area (Å²) < 4.78 is 44.9. The third-order valence-corrected chi connectivity index (χ3v) is 8.85. The number of carbonyl (C=O) groups is 5. The lowest BCUT2D eigenvalue weighted by Crippen LogP contribution is -2.56. The lowest BCUT2D eigenvalue weighted by molar-refractivity contribution is -0.137. The van der Waals surface area contributed by atoms with Crippen molar-refractivity contribution in [1.82, 2.24) is 20.1 Å². The van der Waals surface area contributed by atoms with Crippen LogP contribution in [0.5, 0.6) is 5.75 Å². The van der Waals surface area contributed by atoms with E-state index >= 15 is 0 Å². The Morgan fingerprint density at radius 3 is 2.44 bits per heavy atom. The maximum atomic E-state index is 14.5. The number of ketones is 2. The lowest BCUT2D eigenvalue weighted by atomic mass is 9.65. The minimum atomic E-state index is -4.62. The summed E-state index contributed by atoms with van der Waals surface area (Å²) in [7, 11) is 4.18. The maximum Gasteiger partial charge on any atom is 0.416 e. The predicted molar refractivity (Wildman–Crippen MR) is 154 cm³/mol. The summed E-state index contributed by atoms with van der Waals surface area (Å²) in [6.07, 6.45) is -3.22. The van der Waals surface area contributed by atoms with Crippen molar-refractivity contribution < 1.29 is 41.9 Å². The van der Waals surface area contributed by atoms with E-state index in [0.29, 0.717) is 28.0 Å². The van der Waals surface area contributed by atoms with Gasteiger partial charge in [-0.15, -0.1) is 0 Å². The summed E-state index contributed by atoms with van der Waals surface area (Å²) in [4.78, 5) is 73.4. The van der Waals surface area contributed by atoms with Crippen molar-refractivity contribution in [2.75, 3.05) is 27.7 Å². The number of allylic oxidation sites excluding steroid dienone is 1. The molecule has 0 bridgehead atoms. The third kappa shape index (κ3) is 4.20. The smallest absolute Gasteiger partial charge is 0.416 e. The highest BCUT2D eigenvalue weighted by Gasteiger charge is 2.63. The van der Waals surface area contributed by atoms with Crippen LogP contribution in [0.25, 0.3) is 5.57 Å². The topological polar surface area (TPSA) is 129 Å². The number of alkyl halides is 3. The fourth-order valence-corrected chi connectivity index (χ4v) is 6.63. The summed E-state index contributed by atoms with van der Waals surface area (Å²) in [6.45, 7) is 1.70. The second kappa shape index (κ2) is 10.2. The molecule has 2 aromatic carbocycles. The van der Waals surface area contributed by atoms with Gasteiger partial charge in [0.25, 0.3) is 11.8 Å². The van der Waals surface area contributed by atoms with Gasteiger partial charge in [-0.3, -0.25) is 24.1 Å². The molecular formula is C32H27F3N4O6. The van der Waals surface area contributed by atoms with Crippen molar-refractivity contribution in [3.05, 3.63) is 92.8 Å². The zero-order chi connectivity index (χ0) is 32.6. The number of H-pyrrole nitrogens is 1. The van der Waals surface area contributed by atoms with Crippen molar-refractivity contribution in [2.24, 2.45) is 0 Å². The Hall–Kier alpha value is -5.20. The predicted octanol–water partition coefficient (Wildman–Crippen LogP) is 3.97. The van der Waals surface area contributed by atoms with E-state index in [-0.39, 0.29) is 47.4 Å². The molecule has 2 aliphatic carbocycles. The van der Waals surface area contributed by atoms with Gasteiger partial charge in [-0.1, -0.05) is 12.1 Å². The van der Waals surface area contributed by atoms with Crippen LogP contribution in [0, 0.1) is 6.92 Å². The van der Waals surface area contributed by atoms with Crippen LogP contribution >= 0.6 is 0 Å². The Bertz CT molecular complexity index is 1890. The number of aryl methyl sites for hydroxylation is 1.